The van der Waals surface area contributed by atoms with Gasteiger partial charge in [-0.3, -0.25) is 0 Å². The van der Waals surface area contributed by atoms with Crippen molar-refractivity contribution in [3.8, 4) is 33.4 Å². The number of fused-ring (bicyclic) bond motifs is 7. The molecule has 0 spiro atoms. The second kappa shape index (κ2) is 14.3. The molecule has 12 rings (SSSR count). The van der Waals surface area contributed by atoms with Crippen LogP contribution in [0.1, 0.15) is 22.3 Å². The maximum atomic E-state index is 2.47. The van der Waals surface area contributed by atoms with Gasteiger partial charge < -0.3 is 4.90 Å². The molecule has 286 valence electrons. The van der Waals surface area contributed by atoms with Crippen molar-refractivity contribution in [2.24, 2.45) is 0 Å². The normalized spacial score (nSPS) is 12.7. The minimum atomic E-state index is -0.503. The topological polar surface area (TPSA) is 3.24 Å². The smallest absolute Gasteiger partial charge is 0.0714 e. The molecule has 2 heteroatoms. The first-order chi connectivity index (χ1) is 30.3. The molecule has 0 N–H and O–H groups in total. The SMILES string of the molecule is c1ccc(-c2c(-c3ccc(N(c4ccc5c(c4)C(c4ccccc4)(c4ccccc4)c4ccccc4-5)c4ccc5sc6ccccc6c5c4)cc3)ccc3ccccc23)cc1. The molecular weight excluding hydrogens is 755 g/mol. The Hall–Kier alpha value is -7.52. The third-order valence-electron chi connectivity index (χ3n) is 12.7. The number of hydrogen-bond acceptors (Lipinski definition) is 2. The lowest BCUT2D eigenvalue weighted by Crippen LogP contribution is -2.28. The Kier molecular flexibility index (Phi) is 8.33. The van der Waals surface area contributed by atoms with Crippen molar-refractivity contribution in [1.82, 2.24) is 0 Å². The maximum absolute atomic E-state index is 2.47. The number of thiophene rings is 1. The van der Waals surface area contributed by atoms with Crippen molar-refractivity contribution in [2.45, 2.75) is 5.41 Å². The first kappa shape index (κ1) is 35.4. The van der Waals surface area contributed by atoms with E-state index in [1.165, 1.54) is 86.6 Å². The summed E-state index contributed by atoms with van der Waals surface area (Å²) in [5.41, 5.74) is 15.4. The average Bonchev–Trinajstić information content (AvgIpc) is 3.86. The van der Waals surface area contributed by atoms with E-state index in [9.17, 15) is 0 Å². The van der Waals surface area contributed by atoms with E-state index in [0.29, 0.717) is 0 Å². The van der Waals surface area contributed by atoms with Crippen LogP contribution < -0.4 is 4.90 Å². The molecule has 10 aromatic carbocycles. The quantitative estimate of drug-likeness (QED) is 0.155. The van der Waals surface area contributed by atoms with Crippen LogP contribution in [0.15, 0.2) is 237 Å². The number of hydrogen-bond donors (Lipinski definition) is 0. The molecule has 1 aliphatic rings. The third-order valence-corrected chi connectivity index (χ3v) is 13.9. The van der Waals surface area contributed by atoms with E-state index in [2.05, 4.69) is 241 Å². The van der Waals surface area contributed by atoms with E-state index < -0.39 is 5.41 Å². The lowest BCUT2D eigenvalue weighted by molar-refractivity contribution is 0.768. The van der Waals surface area contributed by atoms with Gasteiger partial charge >= 0.3 is 0 Å². The van der Waals surface area contributed by atoms with Gasteiger partial charge in [0.15, 0.2) is 0 Å². The minimum absolute atomic E-state index is 0.503. The molecule has 0 bridgehead atoms. The van der Waals surface area contributed by atoms with Gasteiger partial charge in [0.05, 0.1) is 5.41 Å². The fourth-order valence-electron chi connectivity index (χ4n) is 10.1. The van der Waals surface area contributed by atoms with Crippen LogP contribution in [0.4, 0.5) is 17.1 Å². The molecule has 0 fully saturated rings. The van der Waals surface area contributed by atoms with Crippen molar-refractivity contribution in [3.05, 3.63) is 259 Å². The fraction of sp³-hybridized carbons (Fsp3) is 0.0169. The predicted octanol–water partition coefficient (Wildman–Crippen LogP) is 16.4. The van der Waals surface area contributed by atoms with E-state index >= 15 is 0 Å². The molecule has 0 aliphatic heterocycles. The van der Waals surface area contributed by atoms with Gasteiger partial charge in [-0.2, -0.15) is 0 Å². The molecule has 0 radical (unpaired) electrons. The molecule has 11 aromatic rings. The molecule has 61 heavy (non-hydrogen) atoms. The predicted molar refractivity (Wildman–Crippen MR) is 260 cm³/mol. The highest BCUT2D eigenvalue weighted by Gasteiger charge is 2.46. The van der Waals surface area contributed by atoms with Crippen LogP contribution in [0, 0.1) is 0 Å². The minimum Gasteiger partial charge on any atom is -0.310 e. The fourth-order valence-corrected chi connectivity index (χ4v) is 11.2. The second-order valence-corrected chi connectivity index (χ2v) is 17.1. The van der Waals surface area contributed by atoms with Crippen molar-refractivity contribution in [3.63, 3.8) is 0 Å². The number of rotatable bonds is 7. The summed E-state index contributed by atoms with van der Waals surface area (Å²) in [5, 5.41) is 5.07. The van der Waals surface area contributed by atoms with Gasteiger partial charge in [-0.25, -0.2) is 0 Å². The van der Waals surface area contributed by atoms with Crippen LogP contribution in [-0.4, -0.2) is 0 Å². The van der Waals surface area contributed by atoms with Crippen molar-refractivity contribution < 1.29 is 0 Å². The Morgan fingerprint density at radius 1 is 0.328 bits per heavy atom. The average molecular weight is 794 g/mol. The van der Waals surface area contributed by atoms with E-state index in [4.69, 9.17) is 0 Å². The summed E-state index contributed by atoms with van der Waals surface area (Å²) >= 11 is 1.86. The van der Waals surface area contributed by atoms with E-state index in [1.54, 1.807) is 0 Å². The summed E-state index contributed by atoms with van der Waals surface area (Å²) in [5.74, 6) is 0. The monoisotopic (exact) mass is 793 g/mol. The van der Waals surface area contributed by atoms with Gasteiger partial charge in [0.25, 0.3) is 0 Å². The lowest BCUT2D eigenvalue weighted by atomic mass is 9.67. The third kappa shape index (κ3) is 5.60. The van der Waals surface area contributed by atoms with Crippen LogP contribution in [-0.2, 0) is 5.41 Å². The molecule has 1 nitrogen and oxygen atoms in total. The standard InChI is InChI=1S/C59H39NS/c1-4-17-42(18-5-1)58-48-23-11-10-16-40(48)30-35-49(58)41-28-31-45(32-29-41)60(46-34-37-57-53(38-46)52-25-13-15-27-56(52)61-57)47-33-36-51-50-24-12-14-26-54(50)59(55(51)39-47,43-19-6-2-7-20-43)44-21-8-3-9-22-44/h1-39H. The molecule has 0 saturated heterocycles. The summed E-state index contributed by atoms with van der Waals surface area (Å²) in [6.45, 7) is 0. The van der Waals surface area contributed by atoms with E-state index in [0.717, 1.165) is 17.1 Å². The molecule has 0 unspecified atom stereocenters. The van der Waals surface area contributed by atoms with Gasteiger partial charge in [0.1, 0.15) is 0 Å². The van der Waals surface area contributed by atoms with Crippen LogP contribution in [0.3, 0.4) is 0 Å². The number of nitrogens with zero attached hydrogens (tertiary/aromatic N) is 1. The van der Waals surface area contributed by atoms with Gasteiger partial charge in [-0.05, 0) is 115 Å². The van der Waals surface area contributed by atoms with Crippen molar-refractivity contribution >= 4 is 59.3 Å². The van der Waals surface area contributed by atoms with Crippen molar-refractivity contribution in [2.75, 3.05) is 4.90 Å². The molecule has 1 aliphatic carbocycles. The summed E-state index contributed by atoms with van der Waals surface area (Å²) in [4.78, 5) is 2.46. The number of benzene rings is 10. The Bertz CT molecular complexity index is 3360. The first-order valence-corrected chi connectivity index (χ1v) is 21.8. The Morgan fingerprint density at radius 3 is 1.66 bits per heavy atom. The summed E-state index contributed by atoms with van der Waals surface area (Å²) in [6, 6.07) is 87.4. The molecule has 0 amide bonds. The maximum Gasteiger partial charge on any atom is 0.0714 e. The Balaban J connectivity index is 1.08. The summed E-state index contributed by atoms with van der Waals surface area (Å²) in [6.07, 6.45) is 0. The van der Waals surface area contributed by atoms with Crippen LogP contribution >= 0.6 is 11.3 Å². The van der Waals surface area contributed by atoms with Gasteiger partial charge in [0, 0.05) is 37.2 Å². The zero-order chi connectivity index (χ0) is 40.3. The highest BCUT2D eigenvalue weighted by atomic mass is 32.1. The summed E-state index contributed by atoms with van der Waals surface area (Å²) < 4.78 is 2.60. The number of anilines is 3. The largest absolute Gasteiger partial charge is 0.310 e. The highest BCUT2D eigenvalue weighted by Crippen LogP contribution is 2.57. The van der Waals surface area contributed by atoms with Crippen LogP contribution in [0.25, 0.3) is 64.3 Å². The van der Waals surface area contributed by atoms with Crippen LogP contribution in [0.2, 0.25) is 0 Å². The van der Waals surface area contributed by atoms with E-state index in [1.807, 2.05) is 11.3 Å². The van der Waals surface area contributed by atoms with Crippen molar-refractivity contribution in [1.29, 1.82) is 0 Å². The van der Waals surface area contributed by atoms with Gasteiger partial charge in [-0.1, -0.05) is 188 Å². The molecule has 1 heterocycles. The van der Waals surface area contributed by atoms with Gasteiger partial charge in [0.2, 0.25) is 0 Å². The zero-order valence-corrected chi connectivity index (χ0v) is 34.2. The Labute approximate surface area is 360 Å². The van der Waals surface area contributed by atoms with Gasteiger partial charge in [-0.15, -0.1) is 11.3 Å². The zero-order valence-electron chi connectivity index (χ0n) is 33.4. The molecule has 0 atom stereocenters. The van der Waals surface area contributed by atoms with E-state index in [-0.39, 0.29) is 0 Å². The first-order valence-electron chi connectivity index (χ1n) is 21.0. The second-order valence-electron chi connectivity index (χ2n) is 16.0. The lowest BCUT2D eigenvalue weighted by Gasteiger charge is -2.35. The molecule has 0 saturated carbocycles. The van der Waals surface area contributed by atoms with Crippen LogP contribution in [0.5, 0.6) is 0 Å². The molecular formula is C59H39NS. The molecule has 1 aromatic heterocycles. The highest BCUT2D eigenvalue weighted by molar-refractivity contribution is 7.25. The summed E-state index contributed by atoms with van der Waals surface area (Å²) in [7, 11) is 0. The Morgan fingerprint density at radius 2 is 0.885 bits per heavy atom.